The van der Waals surface area contributed by atoms with Crippen molar-refractivity contribution in [2.45, 2.75) is 6.42 Å². The summed E-state index contributed by atoms with van der Waals surface area (Å²) in [7, 11) is 0. The lowest BCUT2D eigenvalue weighted by Crippen LogP contribution is -2.16. The van der Waals surface area contributed by atoms with E-state index in [-0.39, 0.29) is 23.4 Å². The topological polar surface area (TPSA) is 86.6 Å². The summed E-state index contributed by atoms with van der Waals surface area (Å²) in [6.45, 7) is 0. The second kappa shape index (κ2) is 6.28. The Labute approximate surface area is 125 Å². The van der Waals surface area contributed by atoms with Crippen LogP contribution in [0.1, 0.15) is 15.9 Å². The molecule has 5 nitrogen and oxygen atoms in total. The van der Waals surface area contributed by atoms with E-state index in [1.807, 2.05) is 0 Å². The third-order valence-corrected chi connectivity index (χ3v) is 3.06. The Morgan fingerprint density at radius 3 is 2.52 bits per heavy atom. The van der Waals surface area contributed by atoms with E-state index >= 15 is 0 Å². The third kappa shape index (κ3) is 3.73. The smallest absolute Gasteiger partial charge is 0.337 e. The number of halogens is 1. The van der Waals surface area contributed by atoms with Crippen LogP contribution in [0, 0.1) is 0 Å². The molecule has 0 fully saturated rings. The highest BCUT2D eigenvalue weighted by atomic mass is 35.5. The molecule has 0 bridgehead atoms. The summed E-state index contributed by atoms with van der Waals surface area (Å²) in [5.74, 6) is -1.59. The molecule has 0 spiro atoms. The van der Waals surface area contributed by atoms with Gasteiger partial charge in [-0.3, -0.25) is 4.79 Å². The number of anilines is 1. The van der Waals surface area contributed by atoms with Gasteiger partial charge in [0.15, 0.2) is 0 Å². The Bertz CT molecular complexity index is 700. The van der Waals surface area contributed by atoms with Gasteiger partial charge in [0.2, 0.25) is 5.91 Å². The standard InChI is InChI=1S/C15H12ClNO4/c16-10-5-6-11(15(20)21)12(8-10)17-14(19)7-9-3-1-2-4-13(9)18/h1-6,8,18H,7H2,(H,17,19)(H,20,21). The van der Waals surface area contributed by atoms with Crippen molar-refractivity contribution in [1.82, 2.24) is 0 Å². The van der Waals surface area contributed by atoms with E-state index in [1.165, 1.54) is 24.3 Å². The average molecular weight is 306 g/mol. The fourth-order valence-corrected chi connectivity index (χ4v) is 2.01. The maximum Gasteiger partial charge on any atom is 0.337 e. The Balaban J connectivity index is 2.18. The zero-order chi connectivity index (χ0) is 15.4. The predicted octanol–water partition coefficient (Wildman–Crippen LogP) is 2.92. The van der Waals surface area contributed by atoms with Crippen molar-refractivity contribution in [3.8, 4) is 5.75 Å². The van der Waals surface area contributed by atoms with Crippen LogP contribution in [0.3, 0.4) is 0 Å². The van der Waals surface area contributed by atoms with Crippen LogP contribution in [0.2, 0.25) is 5.02 Å². The summed E-state index contributed by atoms with van der Waals surface area (Å²) in [5, 5.41) is 21.5. The molecule has 0 atom stereocenters. The lowest BCUT2D eigenvalue weighted by molar-refractivity contribution is -0.115. The molecule has 0 heterocycles. The maximum atomic E-state index is 12.0. The normalized spacial score (nSPS) is 10.1. The van der Waals surface area contributed by atoms with Crippen molar-refractivity contribution in [2.24, 2.45) is 0 Å². The Hall–Kier alpha value is -2.53. The molecule has 0 radical (unpaired) electrons. The van der Waals surface area contributed by atoms with Gasteiger partial charge >= 0.3 is 5.97 Å². The number of carboxylic acids is 1. The number of phenols is 1. The number of benzene rings is 2. The lowest BCUT2D eigenvalue weighted by atomic mass is 10.1. The summed E-state index contributed by atoms with van der Waals surface area (Å²) >= 11 is 5.81. The van der Waals surface area contributed by atoms with Crippen molar-refractivity contribution < 1.29 is 19.8 Å². The molecule has 2 aromatic rings. The van der Waals surface area contributed by atoms with Crippen LogP contribution in [-0.2, 0) is 11.2 Å². The summed E-state index contributed by atoms with van der Waals surface area (Å²) in [5.41, 5.74) is 0.523. The fraction of sp³-hybridized carbons (Fsp3) is 0.0667. The molecule has 0 aliphatic carbocycles. The maximum absolute atomic E-state index is 12.0. The number of amides is 1. The second-order valence-electron chi connectivity index (χ2n) is 4.35. The molecular weight excluding hydrogens is 294 g/mol. The van der Waals surface area contributed by atoms with Gasteiger partial charge in [-0.2, -0.15) is 0 Å². The van der Waals surface area contributed by atoms with Crippen molar-refractivity contribution in [1.29, 1.82) is 0 Å². The molecule has 0 unspecified atom stereocenters. The van der Waals surface area contributed by atoms with Crippen LogP contribution in [-0.4, -0.2) is 22.1 Å². The molecule has 0 aliphatic heterocycles. The molecule has 21 heavy (non-hydrogen) atoms. The molecule has 2 rings (SSSR count). The minimum Gasteiger partial charge on any atom is -0.508 e. The number of nitrogens with one attached hydrogen (secondary N) is 1. The van der Waals surface area contributed by atoms with Crippen LogP contribution >= 0.6 is 11.6 Å². The summed E-state index contributed by atoms with van der Waals surface area (Å²) < 4.78 is 0. The number of hydrogen-bond donors (Lipinski definition) is 3. The predicted molar refractivity (Wildman–Crippen MR) is 78.9 cm³/mol. The average Bonchev–Trinajstić information content (AvgIpc) is 2.41. The van der Waals surface area contributed by atoms with E-state index in [0.717, 1.165) is 0 Å². The van der Waals surface area contributed by atoms with Gasteiger partial charge in [0.05, 0.1) is 17.7 Å². The highest BCUT2D eigenvalue weighted by Gasteiger charge is 2.14. The van der Waals surface area contributed by atoms with Crippen molar-refractivity contribution in [2.75, 3.05) is 5.32 Å². The molecule has 108 valence electrons. The second-order valence-corrected chi connectivity index (χ2v) is 4.79. The van der Waals surface area contributed by atoms with Gasteiger partial charge in [0.25, 0.3) is 0 Å². The van der Waals surface area contributed by atoms with E-state index in [0.29, 0.717) is 10.6 Å². The van der Waals surface area contributed by atoms with Gasteiger partial charge in [-0.05, 0) is 24.3 Å². The summed E-state index contributed by atoms with van der Waals surface area (Å²) in [6, 6.07) is 10.6. The highest BCUT2D eigenvalue weighted by molar-refractivity contribution is 6.31. The Morgan fingerprint density at radius 2 is 1.86 bits per heavy atom. The Kier molecular flexibility index (Phi) is 4.45. The van der Waals surface area contributed by atoms with E-state index < -0.39 is 11.9 Å². The molecule has 0 aliphatic rings. The Morgan fingerprint density at radius 1 is 1.14 bits per heavy atom. The number of phenolic OH excluding ortho intramolecular Hbond substituents is 1. The number of rotatable bonds is 4. The molecule has 0 aromatic heterocycles. The van der Waals surface area contributed by atoms with Crippen LogP contribution in [0.25, 0.3) is 0 Å². The van der Waals surface area contributed by atoms with E-state index in [4.69, 9.17) is 16.7 Å². The van der Waals surface area contributed by atoms with Gasteiger partial charge in [-0.25, -0.2) is 4.79 Å². The highest BCUT2D eigenvalue weighted by Crippen LogP contribution is 2.22. The largest absolute Gasteiger partial charge is 0.508 e. The van der Waals surface area contributed by atoms with E-state index in [1.54, 1.807) is 18.2 Å². The van der Waals surface area contributed by atoms with Crippen LogP contribution < -0.4 is 5.32 Å². The van der Waals surface area contributed by atoms with Gasteiger partial charge in [0, 0.05) is 10.6 Å². The molecular formula is C15H12ClNO4. The first-order valence-electron chi connectivity index (χ1n) is 6.07. The third-order valence-electron chi connectivity index (χ3n) is 2.83. The number of carboxylic acid groups (broad SMARTS) is 1. The van der Waals surface area contributed by atoms with Gasteiger partial charge < -0.3 is 15.5 Å². The first kappa shape index (κ1) is 14.9. The van der Waals surface area contributed by atoms with Gasteiger partial charge in [-0.1, -0.05) is 29.8 Å². The van der Waals surface area contributed by atoms with Crippen LogP contribution in [0.15, 0.2) is 42.5 Å². The molecule has 6 heteroatoms. The van der Waals surface area contributed by atoms with Crippen molar-refractivity contribution >= 4 is 29.2 Å². The number of aromatic carboxylic acids is 1. The minimum absolute atomic E-state index is 0.0113. The van der Waals surface area contributed by atoms with E-state index in [9.17, 15) is 14.7 Å². The molecule has 1 amide bonds. The number of hydrogen-bond acceptors (Lipinski definition) is 3. The number of carbonyl (C=O) groups is 2. The fourth-order valence-electron chi connectivity index (χ4n) is 1.83. The van der Waals surface area contributed by atoms with Crippen molar-refractivity contribution in [3.63, 3.8) is 0 Å². The van der Waals surface area contributed by atoms with Crippen LogP contribution in [0.5, 0.6) is 5.75 Å². The number of para-hydroxylation sites is 1. The molecule has 2 aromatic carbocycles. The number of carbonyl (C=O) groups excluding carboxylic acids is 1. The minimum atomic E-state index is -1.16. The monoisotopic (exact) mass is 305 g/mol. The molecule has 0 saturated heterocycles. The molecule has 3 N–H and O–H groups in total. The van der Waals surface area contributed by atoms with Crippen LogP contribution in [0.4, 0.5) is 5.69 Å². The van der Waals surface area contributed by atoms with Gasteiger partial charge in [-0.15, -0.1) is 0 Å². The van der Waals surface area contributed by atoms with Gasteiger partial charge in [0.1, 0.15) is 5.75 Å². The first-order valence-corrected chi connectivity index (χ1v) is 6.44. The van der Waals surface area contributed by atoms with E-state index in [2.05, 4.69) is 5.32 Å². The summed E-state index contributed by atoms with van der Waals surface area (Å²) in [6.07, 6.45) is -0.0712. The molecule has 0 saturated carbocycles. The zero-order valence-electron chi connectivity index (χ0n) is 10.8. The lowest BCUT2D eigenvalue weighted by Gasteiger charge is -2.09. The quantitative estimate of drug-likeness (QED) is 0.810. The zero-order valence-corrected chi connectivity index (χ0v) is 11.6. The first-order chi connectivity index (χ1) is 9.97. The SMILES string of the molecule is O=C(Cc1ccccc1O)Nc1cc(Cl)ccc1C(=O)O. The number of aromatic hydroxyl groups is 1. The van der Waals surface area contributed by atoms with Crippen molar-refractivity contribution in [3.05, 3.63) is 58.6 Å². The summed E-state index contributed by atoms with van der Waals surface area (Å²) in [4.78, 5) is 23.1.